The molecule has 0 aliphatic carbocycles. The molecule has 0 saturated heterocycles. The Bertz CT molecular complexity index is 1020. The van der Waals surface area contributed by atoms with Gasteiger partial charge in [0.05, 0.1) is 0 Å². The van der Waals surface area contributed by atoms with Crippen LogP contribution in [-0.4, -0.2) is 72.2 Å². The maximum Gasteiger partial charge on any atom is 0.438 e. The highest BCUT2D eigenvalue weighted by Gasteiger charge is 2.75. The summed E-state index contributed by atoms with van der Waals surface area (Å²) < 4.78 is 118. The van der Waals surface area contributed by atoms with Crippen molar-refractivity contribution in [2.24, 2.45) is 0 Å². The van der Waals surface area contributed by atoms with Gasteiger partial charge in [-0.2, -0.15) is 34.8 Å². The van der Waals surface area contributed by atoms with Crippen LogP contribution in [0.4, 0.5) is 26.3 Å². The molecule has 0 aromatic heterocycles. The van der Waals surface area contributed by atoms with Crippen LogP contribution in [0.25, 0.3) is 0 Å². The molecule has 0 aliphatic rings. The summed E-state index contributed by atoms with van der Waals surface area (Å²) in [6.07, 6.45) is -11.2. The molecule has 0 bridgehead atoms. The monoisotopic (exact) mass is 514 g/mol. The Balaban J connectivity index is 3.23. The molecule has 186 valence electrons. The molecule has 0 fully saturated rings. The lowest BCUT2D eigenvalue weighted by Gasteiger charge is -2.35. The Labute approximate surface area is 193 Å². The lowest BCUT2D eigenvalue weighted by atomic mass is 9.85. The van der Waals surface area contributed by atoms with Gasteiger partial charge >= 0.3 is 29.9 Å². The molecule has 0 heterocycles. The lowest BCUT2D eigenvalue weighted by Crippen LogP contribution is -2.63. The van der Waals surface area contributed by atoms with Gasteiger partial charge in [0.1, 0.15) is 35.0 Å². The molecule has 1 aromatic rings. The van der Waals surface area contributed by atoms with Gasteiger partial charge in [0.15, 0.2) is 0 Å². The Morgan fingerprint density at radius 2 is 1.32 bits per heavy atom. The van der Waals surface area contributed by atoms with E-state index in [-0.39, 0.29) is 17.9 Å². The largest absolute Gasteiger partial charge is 0.438 e. The highest BCUT2D eigenvalue weighted by Crippen LogP contribution is 2.46. The van der Waals surface area contributed by atoms with E-state index in [4.69, 9.17) is 9.29 Å². The summed E-state index contributed by atoms with van der Waals surface area (Å²) in [6.45, 7) is 0. The number of ether oxygens (including phenoxy) is 2. The van der Waals surface area contributed by atoms with Crippen LogP contribution in [-0.2, 0) is 43.4 Å². The zero-order chi connectivity index (χ0) is 26.5. The minimum atomic E-state index is -6.47. The summed E-state index contributed by atoms with van der Waals surface area (Å²) in [5.41, 5.74) is -3.40. The maximum atomic E-state index is 13.2. The van der Waals surface area contributed by atoms with Crippen LogP contribution in [0.15, 0.2) is 24.3 Å². The Kier molecular flexibility index (Phi) is 9.48. The topological polar surface area (TPSA) is 107 Å². The number of rotatable bonds is 9. The number of alkyl halides is 6. The van der Waals surface area contributed by atoms with E-state index in [1.807, 2.05) is 7.85 Å². The molecule has 1 rings (SSSR count). The second-order valence-corrected chi connectivity index (χ2v) is 8.48. The summed E-state index contributed by atoms with van der Waals surface area (Å²) in [5, 5.41) is 0. The summed E-state index contributed by atoms with van der Waals surface area (Å²) in [4.78, 5) is 23.8. The number of carbonyl (C=O) groups excluding carboxylic acids is 2. The van der Waals surface area contributed by atoms with Crippen molar-refractivity contribution in [3.05, 3.63) is 41.0 Å². The van der Waals surface area contributed by atoms with Crippen molar-refractivity contribution in [3.63, 3.8) is 0 Å². The van der Waals surface area contributed by atoms with Crippen LogP contribution < -0.4 is 4.74 Å². The van der Waals surface area contributed by atoms with E-state index in [0.717, 1.165) is 5.56 Å². The molecule has 0 radical (unpaired) electrons. The first kappa shape index (κ1) is 29.6. The summed E-state index contributed by atoms with van der Waals surface area (Å²) in [5.74, 6) is -6.54. The van der Waals surface area contributed by atoms with Gasteiger partial charge in [0.2, 0.25) is 0 Å². The molecule has 17 heteroatoms. The van der Waals surface area contributed by atoms with Crippen molar-refractivity contribution in [1.82, 2.24) is 0 Å². The minimum Gasteiger partial charge on any atom is -0.435 e. The average Bonchev–Trinajstić information content (AvgIpc) is 2.69. The number of carbonyl (C=O) groups is 2. The fourth-order valence-corrected chi connectivity index (χ4v) is 3.79. The van der Waals surface area contributed by atoms with Crippen molar-refractivity contribution >= 4 is 45.6 Å². The smallest absolute Gasteiger partial charge is 0.435 e. The fraction of sp³-hybridized carbons (Fsp3) is 0.412. The molecule has 34 heavy (non-hydrogen) atoms. The molecular formula is C17H19B3F6O7S. The van der Waals surface area contributed by atoms with Crippen LogP contribution in [0.2, 0.25) is 0 Å². The molecule has 7 nitrogen and oxygen atoms in total. The molecule has 0 atom stereocenters. The molecule has 0 aliphatic heterocycles. The standard InChI is InChI=1S/C17H19B3F6O7S/c18-5-9-3-10(6-19)14(11(4-9)7-20)32-12(27)1-2-13(28)33-15(16(21,22)23,17(24,25)26)8-34(29,30)31/h1-4H,5-8,18-20H2,(H,29,30,31)/b2-1+. The highest BCUT2D eigenvalue weighted by molar-refractivity contribution is 7.85. The Morgan fingerprint density at radius 1 is 0.882 bits per heavy atom. The van der Waals surface area contributed by atoms with E-state index >= 15 is 0 Å². The zero-order valence-corrected chi connectivity index (χ0v) is 19.0. The van der Waals surface area contributed by atoms with Crippen LogP contribution in [0.5, 0.6) is 5.75 Å². The summed E-state index contributed by atoms with van der Waals surface area (Å²) in [6, 6.07) is 3.52. The molecule has 1 aromatic carbocycles. The SMILES string of the molecule is BCc1cc(CB)c(OC(=O)/C=C/C(=O)OC(CS(=O)(=O)O)(C(F)(F)F)C(F)(F)F)c(CB)c1. The van der Waals surface area contributed by atoms with Crippen molar-refractivity contribution < 1.29 is 58.4 Å². The van der Waals surface area contributed by atoms with Gasteiger partial charge in [-0.1, -0.05) is 36.7 Å². The predicted octanol–water partition coefficient (Wildman–Crippen LogP) is -0.158. The number of hydrogen-bond acceptors (Lipinski definition) is 6. The van der Waals surface area contributed by atoms with Gasteiger partial charge in [-0.3, -0.25) is 4.55 Å². The number of halogens is 6. The van der Waals surface area contributed by atoms with Crippen molar-refractivity contribution in [1.29, 1.82) is 0 Å². The quantitative estimate of drug-likeness (QED) is 0.122. The van der Waals surface area contributed by atoms with Crippen molar-refractivity contribution in [2.75, 3.05) is 5.75 Å². The molecule has 0 spiro atoms. The van der Waals surface area contributed by atoms with E-state index in [1.165, 1.54) is 0 Å². The molecule has 0 unspecified atom stereocenters. The zero-order valence-electron chi connectivity index (χ0n) is 18.2. The lowest BCUT2D eigenvalue weighted by molar-refractivity contribution is -0.360. The van der Waals surface area contributed by atoms with Gasteiger partial charge in [-0.15, -0.1) is 0 Å². The van der Waals surface area contributed by atoms with Crippen LogP contribution >= 0.6 is 0 Å². The van der Waals surface area contributed by atoms with Gasteiger partial charge in [0, 0.05) is 12.2 Å². The van der Waals surface area contributed by atoms with Gasteiger partial charge in [0.25, 0.3) is 10.1 Å². The molecule has 0 amide bonds. The normalized spacial score (nSPS) is 13.1. The van der Waals surface area contributed by atoms with E-state index in [1.54, 1.807) is 27.8 Å². The third kappa shape index (κ3) is 7.29. The molecule has 1 N–H and O–H groups in total. The first-order valence-electron chi connectivity index (χ1n) is 9.76. The summed E-state index contributed by atoms with van der Waals surface area (Å²) in [7, 11) is -0.487. The highest BCUT2D eigenvalue weighted by atomic mass is 32.2. The number of benzene rings is 1. The van der Waals surface area contributed by atoms with Crippen LogP contribution in [0, 0.1) is 0 Å². The molecular weight excluding hydrogens is 495 g/mol. The predicted molar refractivity (Wildman–Crippen MR) is 115 cm³/mol. The number of hydrogen-bond donors (Lipinski definition) is 1. The molecule has 0 saturated carbocycles. The first-order valence-corrected chi connectivity index (χ1v) is 11.4. The van der Waals surface area contributed by atoms with Crippen LogP contribution in [0.3, 0.4) is 0 Å². The van der Waals surface area contributed by atoms with E-state index in [0.29, 0.717) is 30.1 Å². The van der Waals surface area contributed by atoms with Crippen molar-refractivity contribution in [3.8, 4) is 5.75 Å². The van der Waals surface area contributed by atoms with Gasteiger partial charge in [-0.25, -0.2) is 9.59 Å². The van der Waals surface area contributed by atoms with Crippen molar-refractivity contribution in [2.45, 2.75) is 36.9 Å². The second kappa shape index (κ2) is 10.9. The van der Waals surface area contributed by atoms with Crippen LogP contribution in [0.1, 0.15) is 16.7 Å². The number of esters is 2. The fourth-order valence-electron chi connectivity index (χ4n) is 2.89. The Morgan fingerprint density at radius 3 is 1.68 bits per heavy atom. The van der Waals surface area contributed by atoms with E-state index in [9.17, 15) is 44.3 Å². The maximum absolute atomic E-state index is 13.2. The Hall–Kier alpha value is -2.42. The third-order valence-electron chi connectivity index (χ3n) is 4.61. The minimum absolute atomic E-state index is 0.0732. The first-order chi connectivity index (χ1) is 15.4. The second-order valence-electron chi connectivity index (χ2n) is 7.03. The average molecular weight is 514 g/mol. The van der Waals surface area contributed by atoms with E-state index < -0.39 is 45.8 Å². The van der Waals surface area contributed by atoms with Gasteiger partial charge < -0.3 is 9.47 Å². The summed E-state index contributed by atoms with van der Waals surface area (Å²) >= 11 is 0. The van der Waals surface area contributed by atoms with E-state index in [2.05, 4.69) is 4.74 Å². The van der Waals surface area contributed by atoms with Gasteiger partial charge in [-0.05, 0) is 11.1 Å². The third-order valence-corrected chi connectivity index (χ3v) is 5.38.